The Balaban J connectivity index is 1.47. The Labute approximate surface area is 192 Å². The Kier molecular flexibility index (Phi) is 6.32. The second-order valence-corrected chi connectivity index (χ2v) is 8.33. The lowest BCUT2D eigenvalue weighted by atomic mass is 9.90. The van der Waals surface area contributed by atoms with E-state index in [1.165, 1.54) is 17.0 Å². The minimum atomic E-state index is -3.17. The summed E-state index contributed by atoms with van der Waals surface area (Å²) in [7, 11) is 0. The molecule has 2 aliphatic rings. The fraction of sp³-hybridized carbons (Fsp3) is 0.292. The van der Waals surface area contributed by atoms with Gasteiger partial charge >= 0.3 is 12.5 Å². The molecule has 2 amide bonds. The molecule has 1 unspecified atom stereocenters. The Morgan fingerprint density at radius 3 is 2.65 bits per heavy atom. The van der Waals surface area contributed by atoms with Crippen molar-refractivity contribution in [2.24, 2.45) is 0 Å². The molecule has 1 heterocycles. The molecule has 1 aliphatic heterocycles. The Morgan fingerprint density at radius 1 is 1.21 bits per heavy atom. The van der Waals surface area contributed by atoms with E-state index in [0.717, 1.165) is 10.8 Å². The third kappa shape index (κ3) is 4.75. The van der Waals surface area contributed by atoms with E-state index >= 15 is 4.39 Å². The number of carbonyl (C=O) groups is 2. The number of hydrogen-bond acceptors (Lipinski definition) is 5. The highest BCUT2D eigenvalue weighted by molar-refractivity contribution is 5.83. The van der Waals surface area contributed by atoms with E-state index in [4.69, 9.17) is 4.74 Å². The summed E-state index contributed by atoms with van der Waals surface area (Å²) in [4.78, 5) is 37.1. The Bertz CT molecular complexity index is 1260. The number of benzene rings is 1. The maximum atomic E-state index is 15.2. The summed E-state index contributed by atoms with van der Waals surface area (Å²) >= 11 is 0. The first-order chi connectivity index (χ1) is 16.2. The van der Waals surface area contributed by atoms with Gasteiger partial charge in [-0.2, -0.15) is 8.78 Å². The molecule has 34 heavy (non-hydrogen) atoms. The van der Waals surface area contributed by atoms with Crippen molar-refractivity contribution in [2.45, 2.75) is 31.4 Å². The van der Waals surface area contributed by atoms with Crippen LogP contribution in [0.2, 0.25) is 0 Å². The zero-order valence-corrected chi connectivity index (χ0v) is 18.2. The number of anilines is 1. The van der Waals surface area contributed by atoms with Gasteiger partial charge in [0.2, 0.25) is 5.43 Å². The van der Waals surface area contributed by atoms with Gasteiger partial charge < -0.3 is 15.4 Å². The number of halogens is 3. The summed E-state index contributed by atoms with van der Waals surface area (Å²) < 4.78 is 45.0. The van der Waals surface area contributed by atoms with Crippen LogP contribution in [0, 0.1) is 0 Å². The van der Waals surface area contributed by atoms with Gasteiger partial charge in [-0.05, 0) is 42.3 Å². The number of allylic oxidation sites excluding steroid dienone is 1. The fourth-order valence-corrected chi connectivity index (χ4v) is 3.85. The van der Waals surface area contributed by atoms with Crippen molar-refractivity contribution in [1.82, 2.24) is 10.2 Å². The summed E-state index contributed by atoms with van der Waals surface area (Å²) in [6, 6.07) is 12.3. The molecule has 2 aromatic rings. The summed E-state index contributed by atoms with van der Waals surface area (Å²) in [5.41, 5.74) is -1.04. The van der Waals surface area contributed by atoms with E-state index in [2.05, 4.69) is 5.32 Å². The fourth-order valence-electron chi connectivity index (χ4n) is 3.85. The lowest BCUT2D eigenvalue weighted by Crippen LogP contribution is -2.40. The smallest absolute Gasteiger partial charge is 0.414 e. The number of hydrogen-bond donors (Lipinski definition) is 2. The van der Waals surface area contributed by atoms with Gasteiger partial charge in [0.1, 0.15) is 11.9 Å². The van der Waals surface area contributed by atoms with Crippen molar-refractivity contribution in [1.29, 1.82) is 0 Å². The van der Waals surface area contributed by atoms with Gasteiger partial charge in [0.25, 0.3) is 5.91 Å². The number of nitrogens with one attached hydrogen (secondary N) is 2. The predicted octanol–water partition coefficient (Wildman–Crippen LogP) is 3.71. The topological polar surface area (TPSA) is 87.7 Å². The van der Waals surface area contributed by atoms with Crippen LogP contribution in [0.4, 0.5) is 23.7 Å². The van der Waals surface area contributed by atoms with Crippen LogP contribution in [0.1, 0.15) is 13.3 Å². The molecule has 2 N–H and O–H groups in total. The summed E-state index contributed by atoms with van der Waals surface area (Å²) in [6.45, 7) is 1.28. The van der Waals surface area contributed by atoms with E-state index in [9.17, 15) is 23.2 Å². The predicted molar refractivity (Wildman–Crippen MR) is 120 cm³/mol. The number of cyclic esters (lactones) is 1. The molecule has 10 heteroatoms. The van der Waals surface area contributed by atoms with Crippen molar-refractivity contribution in [3.05, 3.63) is 76.4 Å². The molecular weight excluding hydrogens is 451 g/mol. The van der Waals surface area contributed by atoms with Gasteiger partial charge in [-0.1, -0.05) is 36.4 Å². The summed E-state index contributed by atoms with van der Waals surface area (Å²) in [6.07, 6.45) is -1.87. The zero-order valence-electron chi connectivity index (χ0n) is 18.2. The number of alkyl halides is 2. The molecule has 1 aliphatic carbocycles. The summed E-state index contributed by atoms with van der Waals surface area (Å²) in [5, 5.41) is 6.62. The van der Waals surface area contributed by atoms with Gasteiger partial charge in [-0.15, -0.1) is 0 Å². The van der Waals surface area contributed by atoms with Crippen molar-refractivity contribution in [3.8, 4) is 0 Å². The molecule has 2 atom stereocenters. The Hall–Kier alpha value is -3.82. The molecular formula is C24H22F3N3O4. The van der Waals surface area contributed by atoms with Crippen LogP contribution in [0.25, 0.3) is 10.8 Å². The molecule has 1 saturated heterocycles. The highest BCUT2D eigenvalue weighted by Crippen LogP contribution is 2.34. The van der Waals surface area contributed by atoms with E-state index < -0.39 is 35.9 Å². The largest absolute Gasteiger partial charge is 0.442 e. The minimum Gasteiger partial charge on any atom is -0.442 e. The van der Waals surface area contributed by atoms with Gasteiger partial charge in [0, 0.05) is 5.70 Å². The normalized spacial score (nSPS) is 22.3. The Morgan fingerprint density at radius 2 is 1.94 bits per heavy atom. The highest BCUT2D eigenvalue weighted by Gasteiger charge is 2.38. The van der Waals surface area contributed by atoms with Crippen LogP contribution in [0.3, 0.4) is 0 Å². The molecule has 1 fully saturated rings. The molecule has 0 aromatic heterocycles. The maximum Gasteiger partial charge on any atom is 0.414 e. The second-order valence-electron chi connectivity index (χ2n) is 8.33. The van der Waals surface area contributed by atoms with Crippen molar-refractivity contribution < 1.29 is 27.5 Å². The molecule has 0 spiro atoms. The van der Waals surface area contributed by atoms with Crippen LogP contribution in [0.5, 0.6) is 0 Å². The van der Waals surface area contributed by atoms with Gasteiger partial charge in [-0.3, -0.25) is 14.5 Å². The first-order valence-corrected chi connectivity index (χ1v) is 10.6. The average molecular weight is 473 g/mol. The molecule has 178 valence electrons. The molecule has 4 rings (SSSR count). The van der Waals surface area contributed by atoms with Crippen LogP contribution < -0.4 is 16.1 Å². The lowest BCUT2D eigenvalue weighted by molar-refractivity contribution is -0.132. The average Bonchev–Trinajstić information content (AvgIpc) is 3.10. The monoisotopic (exact) mass is 473 g/mol. The molecule has 0 radical (unpaired) electrons. The highest BCUT2D eigenvalue weighted by atomic mass is 19.3. The van der Waals surface area contributed by atoms with Crippen molar-refractivity contribution in [2.75, 3.05) is 18.4 Å². The van der Waals surface area contributed by atoms with E-state index in [-0.39, 0.29) is 36.3 Å². The van der Waals surface area contributed by atoms with Gasteiger partial charge in [-0.25, -0.2) is 9.18 Å². The van der Waals surface area contributed by atoms with Gasteiger partial charge in [0.05, 0.1) is 24.3 Å². The molecule has 0 bridgehead atoms. The van der Waals surface area contributed by atoms with Crippen LogP contribution >= 0.6 is 0 Å². The molecule has 0 saturated carbocycles. The first kappa shape index (κ1) is 23.3. The van der Waals surface area contributed by atoms with Crippen LogP contribution in [-0.4, -0.2) is 48.1 Å². The standard InChI is InChI=1S/C24H22F3N3O4/c1-24(29-18-7-6-14-4-2-3-5-15(14)10-19(18)31)9-8-16(11-20(24)25)30-13-17(34-23(30)33)12-28-22(32)21(26)27/h2-8,10-11,17,21H,9,12-13H2,1H3,(H,28,32)(H,29,31)/t17-,24?/m0/s1. The number of nitrogens with zero attached hydrogens (tertiary/aromatic N) is 1. The number of ether oxygens (including phenoxy) is 1. The molecule has 2 aromatic carbocycles. The van der Waals surface area contributed by atoms with Crippen LogP contribution in [-0.2, 0) is 9.53 Å². The summed E-state index contributed by atoms with van der Waals surface area (Å²) in [5.74, 6) is -2.05. The third-order valence-electron chi connectivity index (χ3n) is 5.80. The number of rotatable bonds is 6. The quantitative estimate of drug-likeness (QED) is 0.668. The van der Waals surface area contributed by atoms with E-state index in [1.54, 1.807) is 25.1 Å². The zero-order chi connectivity index (χ0) is 24.5. The van der Waals surface area contributed by atoms with Crippen molar-refractivity contribution in [3.63, 3.8) is 0 Å². The molecule has 7 nitrogen and oxygen atoms in total. The number of amides is 2. The SMILES string of the molecule is CC1(Nc2ccc3ccccc3cc2=O)CC=C(N2C[C@H](CNC(=O)C(F)F)OC2=O)C=C1F. The van der Waals surface area contributed by atoms with E-state index in [1.807, 2.05) is 29.6 Å². The first-order valence-electron chi connectivity index (χ1n) is 10.6. The van der Waals surface area contributed by atoms with Crippen LogP contribution in [0.15, 0.2) is 70.9 Å². The van der Waals surface area contributed by atoms with Crippen molar-refractivity contribution >= 4 is 28.5 Å². The third-order valence-corrected chi connectivity index (χ3v) is 5.80. The van der Waals surface area contributed by atoms with E-state index in [0.29, 0.717) is 0 Å². The maximum absolute atomic E-state index is 15.2. The minimum absolute atomic E-state index is 0.0338. The lowest BCUT2D eigenvalue weighted by Gasteiger charge is -2.33. The number of fused-ring (bicyclic) bond motifs is 1. The second kappa shape index (κ2) is 9.20. The number of carbonyl (C=O) groups excluding carboxylic acids is 2. The van der Waals surface area contributed by atoms with Gasteiger partial charge in [0.15, 0.2) is 0 Å².